The highest BCUT2D eigenvalue weighted by molar-refractivity contribution is 5.01. The molecule has 1 rings (SSSR count). The Hall–Kier alpha value is -0.550. The molecule has 80 valence electrons. The molecule has 0 aromatic heterocycles. The van der Waals surface area contributed by atoms with Gasteiger partial charge in [0.25, 0.3) is 0 Å². The molecule has 0 saturated heterocycles. The molecule has 0 aliphatic heterocycles. The van der Waals surface area contributed by atoms with E-state index < -0.39 is 0 Å². The van der Waals surface area contributed by atoms with Crippen LogP contribution in [0.2, 0.25) is 0 Å². The van der Waals surface area contributed by atoms with Crippen LogP contribution in [0.3, 0.4) is 0 Å². The van der Waals surface area contributed by atoms with Crippen molar-refractivity contribution in [1.29, 1.82) is 5.26 Å². The Balaban J connectivity index is 2.44. The van der Waals surface area contributed by atoms with Crippen LogP contribution in [-0.2, 0) is 4.74 Å². The van der Waals surface area contributed by atoms with Crippen molar-refractivity contribution >= 4 is 0 Å². The Kier molecular flexibility index (Phi) is 4.41. The van der Waals surface area contributed by atoms with Gasteiger partial charge in [-0.25, -0.2) is 0 Å². The fourth-order valence-electron chi connectivity index (χ4n) is 2.46. The number of ether oxygens (including phenoxy) is 1. The molecule has 0 radical (unpaired) electrons. The van der Waals surface area contributed by atoms with Crippen LogP contribution in [0, 0.1) is 22.7 Å². The Morgan fingerprint density at radius 2 is 2.36 bits per heavy atom. The van der Waals surface area contributed by atoms with Crippen molar-refractivity contribution in [3.05, 3.63) is 0 Å². The minimum atomic E-state index is -0.0766. The molecule has 1 aliphatic carbocycles. The SMILES string of the molecule is CCOCCC1(C#N)CCCC(C)C1. The lowest BCUT2D eigenvalue weighted by Crippen LogP contribution is -2.27. The summed E-state index contributed by atoms with van der Waals surface area (Å²) in [6, 6.07) is 2.53. The predicted molar refractivity (Wildman–Crippen MR) is 56.8 cm³/mol. The standard InChI is InChI=1S/C12H21NO/c1-3-14-8-7-12(10-13)6-4-5-11(2)9-12/h11H,3-9H2,1-2H3. The van der Waals surface area contributed by atoms with E-state index in [-0.39, 0.29) is 5.41 Å². The van der Waals surface area contributed by atoms with E-state index >= 15 is 0 Å². The Bertz CT molecular complexity index is 209. The van der Waals surface area contributed by atoms with Gasteiger partial charge in [-0.15, -0.1) is 0 Å². The van der Waals surface area contributed by atoms with Gasteiger partial charge in [-0.05, 0) is 32.1 Å². The molecule has 0 N–H and O–H groups in total. The normalized spacial score (nSPS) is 32.5. The van der Waals surface area contributed by atoms with Gasteiger partial charge in [0, 0.05) is 13.2 Å². The highest BCUT2D eigenvalue weighted by atomic mass is 16.5. The van der Waals surface area contributed by atoms with Crippen LogP contribution in [-0.4, -0.2) is 13.2 Å². The third kappa shape index (κ3) is 2.99. The van der Waals surface area contributed by atoms with Crippen LogP contribution < -0.4 is 0 Å². The highest BCUT2D eigenvalue weighted by Gasteiger charge is 2.34. The molecule has 0 heterocycles. The number of nitrogens with zero attached hydrogens (tertiary/aromatic N) is 1. The number of rotatable bonds is 4. The summed E-state index contributed by atoms with van der Waals surface area (Å²) in [5.41, 5.74) is -0.0766. The van der Waals surface area contributed by atoms with Crippen LogP contribution in [0.5, 0.6) is 0 Å². The Morgan fingerprint density at radius 1 is 1.57 bits per heavy atom. The number of hydrogen-bond donors (Lipinski definition) is 0. The monoisotopic (exact) mass is 195 g/mol. The van der Waals surface area contributed by atoms with Gasteiger partial charge in [0.15, 0.2) is 0 Å². The summed E-state index contributed by atoms with van der Waals surface area (Å²) < 4.78 is 5.35. The summed E-state index contributed by atoms with van der Waals surface area (Å²) in [7, 11) is 0. The molecule has 1 saturated carbocycles. The molecule has 0 aromatic rings. The van der Waals surface area contributed by atoms with Crippen LogP contribution in [0.1, 0.15) is 46.0 Å². The fourth-order valence-corrected chi connectivity index (χ4v) is 2.46. The molecule has 2 nitrogen and oxygen atoms in total. The Labute approximate surface area is 87.3 Å². The summed E-state index contributed by atoms with van der Waals surface area (Å²) in [4.78, 5) is 0. The third-order valence-corrected chi connectivity index (χ3v) is 3.26. The van der Waals surface area contributed by atoms with Gasteiger partial charge < -0.3 is 4.74 Å². The van der Waals surface area contributed by atoms with E-state index in [4.69, 9.17) is 4.74 Å². The maximum absolute atomic E-state index is 9.25. The molecule has 0 aromatic carbocycles. The van der Waals surface area contributed by atoms with E-state index in [1.165, 1.54) is 12.8 Å². The lowest BCUT2D eigenvalue weighted by molar-refractivity contribution is 0.0959. The zero-order valence-electron chi connectivity index (χ0n) is 9.38. The second kappa shape index (κ2) is 5.36. The van der Waals surface area contributed by atoms with Crippen molar-refractivity contribution in [3.63, 3.8) is 0 Å². The van der Waals surface area contributed by atoms with Gasteiger partial charge in [-0.2, -0.15) is 5.26 Å². The minimum absolute atomic E-state index is 0.0766. The molecular formula is C12H21NO. The smallest absolute Gasteiger partial charge is 0.0690 e. The van der Waals surface area contributed by atoms with Gasteiger partial charge in [-0.1, -0.05) is 19.8 Å². The molecule has 14 heavy (non-hydrogen) atoms. The highest BCUT2D eigenvalue weighted by Crippen LogP contribution is 2.41. The molecule has 2 atom stereocenters. The zero-order valence-corrected chi connectivity index (χ0v) is 9.38. The summed E-state index contributed by atoms with van der Waals surface area (Å²) in [6.07, 6.45) is 5.55. The molecule has 1 aliphatic rings. The minimum Gasteiger partial charge on any atom is -0.382 e. The van der Waals surface area contributed by atoms with Crippen molar-refractivity contribution < 1.29 is 4.74 Å². The third-order valence-electron chi connectivity index (χ3n) is 3.26. The van der Waals surface area contributed by atoms with E-state index in [2.05, 4.69) is 13.0 Å². The maximum Gasteiger partial charge on any atom is 0.0690 e. The molecular weight excluding hydrogens is 174 g/mol. The maximum atomic E-state index is 9.25. The summed E-state index contributed by atoms with van der Waals surface area (Å²) in [6.45, 7) is 5.77. The molecule has 0 bridgehead atoms. The first-order valence-electron chi connectivity index (χ1n) is 5.71. The summed E-state index contributed by atoms with van der Waals surface area (Å²) in [5.74, 6) is 0.713. The van der Waals surface area contributed by atoms with E-state index in [9.17, 15) is 5.26 Å². The van der Waals surface area contributed by atoms with Gasteiger partial charge in [-0.3, -0.25) is 0 Å². The van der Waals surface area contributed by atoms with E-state index in [0.29, 0.717) is 5.92 Å². The van der Waals surface area contributed by atoms with Crippen molar-refractivity contribution in [3.8, 4) is 6.07 Å². The molecule has 2 unspecified atom stereocenters. The molecule has 2 heteroatoms. The Morgan fingerprint density at radius 3 is 2.93 bits per heavy atom. The van der Waals surface area contributed by atoms with E-state index in [1.54, 1.807) is 0 Å². The van der Waals surface area contributed by atoms with Crippen LogP contribution in [0.25, 0.3) is 0 Å². The van der Waals surface area contributed by atoms with Gasteiger partial charge in [0.05, 0.1) is 11.5 Å². The first-order chi connectivity index (χ1) is 6.72. The molecule has 0 amide bonds. The van der Waals surface area contributed by atoms with Crippen molar-refractivity contribution in [1.82, 2.24) is 0 Å². The van der Waals surface area contributed by atoms with E-state index in [0.717, 1.165) is 32.5 Å². The summed E-state index contributed by atoms with van der Waals surface area (Å²) in [5, 5.41) is 9.25. The van der Waals surface area contributed by atoms with E-state index in [1.807, 2.05) is 6.92 Å². The second-order valence-corrected chi connectivity index (χ2v) is 4.54. The van der Waals surface area contributed by atoms with Crippen LogP contribution >= 0.6 is 0 Å². The first kappa shape index (κ1) is 11.5. The largest absolute Gasteiger partial charge is 0.382 e. The van der Waals surface area contributed by atoms with Crippen molar-refractivity contribution in [2.24, 2.45) is 11.3 Å². The lowest BCUT2D eigenvalue weighted by Gasteiger charge is -2.34. The quantitative estimate of drug-likeness (QED) is 0.646. The predicted octanol–water partition coefficient (Wildman–Crippen LogP) is 3.13. The van der Waals surface area contributed by atoms with Gasteiger partial charge in [0.1, 0.15) is 0 Å². The first-order valence-corrected chi connectivity index (χ1v) is 5.71. The van der Waals surface area contributed by atoms with Gasteiger partial charge in [0.2, 0.25) is 0 Å². The average Bonchev–Trinajstić information content (AvgIpc) is 2.18. The van der Waals surface area contributed by atoms with Crippen LogP contribution in [0.15, 0.2) is 0 Å². The fraction of sp³-hybridized carbons (Fsp3) is 0.917. The summed E-state index contributed by atoms with van der Waals surface area (Å²) >= 11 is 0. The van der Waals surface area contributed by atoms with Gasteiger partial charge >= 0.3 is 0 Å². The number of nitriles is 1. The molecule has 1 fully saturated rings. The topological polar surface area (TPSA) is 33.0 Å². The molecule has 0 spiro atoms. The lowest BCUT2D eigenvalue weighted by atomic mass is 9.69. The average molecular weight is 195 g/mol. The van der Waals surface area contributed by atoms with Crippen molar-refractivity contribution in [2.75, 3.05) is 13.2 Å². The zero-order chi connectivity index (χ0) is 10.4. The second-order valence-electron chi connectivity index (χ2n) is 4.54. The van der Waals surface area contributed by atoms with Crippen molar-refractivity contribution in [2.45, 2.75) is 46.0 Å². The van der Waals surface area contributed by atoms with Crippen LogP contribution in [0.4, 0.5) is 0 Å². The number of hydrogen-bond acceptors (Lipinski definition) is 2.